The molecule has 2 atom stereocenters. The highest BCUT2D eigenvalue weighted by Crippen LogP contribution is 2.20. The van der Waals surface area contributed by atoms with Gasteiger partial charge in [0, 0.05) is 26.7 Å². The fraction of sp³-hybridized carbons (Fsp3) is 0.533. The lowest BCUT2D eigenvalue weighted by molar-refractivity contribution is -0.141. The molecule has 0 bridgehead atoms. The Morgan fingerprint density at radius 2 is 2.00 bits per heavy atom. The summed E-state index contributed by atoms with van der Waals surface area (Å²) in [5.74, 6) is 0.736. The minimum atomic E-state index is -0.583. The smallest absolute Gasteiger partial charge is 0.252 e. The maximum atomic E-state index is 12.2. The van der Waals surface area contributed by atoms with Crippen molar-refractivity contribution in [3.05, 3.63) is 29.8 Å². The van der Waals surface area contributed by atoms with Crippen LogP contribution in [-0.2, 0) is 16.0 Å². The van der Waals surface area contributed by atoms with Crippen LogP contribution >= 0.6 is 0 Å². The third-order valence-corrected chi connectivity index (χ3v) is 3.49. The zero-order valence-electron chi connectivity index (χ0n) is 12.6. The minimum Gasteiger partial charge on any atom is -0.496 e. The quantitative estimate of drug-likeness (QED) is 0.811. The number of para-hydroxylation sites is 1. The van der Waals surface area contributed by atoms with Gasteiger partial charge in [-0.15, -0.1) is 0 Å². The van der Waals surface area contributed by atoms with E-state index in [-0.39, 0.29) is 18.5 Å². The van der Waals surface area contributed by atoms with E-state index in [4.69, 9.17) is 15.2 Å². The lowest BCUT2D eigenvalue weighted by Gasteiger charge is -2.28. The summed E-state index contributed by atoms with van der Waals surface area (Å²) in [5.41, 5.74) is 6.60. The van der Waals surface area contributed by atoms with Crippen LogP contribution in [0.4, 0.5) is 0 Å². The number of methoxy groups -OCH3 is 2. The number of hydrogen-bond acceptors (Lipinski definition) is 4. The zero-order chi connectivity index (χ0) is 15.1. The highest BCUT2D eigenvalue weighted by atomic mass is 16.5. The molecule has 2 N–H and O–H groups in total. The second-order valence-electron chi connectivity index (χ2n) is 4.77. The summed E-state index contributed by atoms with van der Waals surface area (Å²) in [4.78, 5) is 13.9. The number of nitrogens with zero attached hydrogens (tertiary/aromatic N) is 1. The summed E-state index contributed by atoms with van der Waals surface area (Å²) in [5, 5.41) is 0. The van der Waals surface area contributed by atoms with E-state index in [1.807, 2.05) is 31.2 Å². The van der Waals surface area contributed by atoms with E-state index < -0.39 is 6.10 Å². The Morgan fingerprint density at radius 1 is 1.35 bits per heavy atom. The van der Waals surface area contributed by atoms with Gasteiger partial charge in [0.15, 0.2) is 0 Å². The van der Waals surface area contributed by atoms with Gasteiger partial charge in [0.25, 0.3) is 5.91 Å². The predicted octanol–water partition coefficient (Wildman–Crippen LogP) is 1.06. The molecule has 112 valence electrons. The Bertz CT molecular complexity index is 433. The Morgan fingerprint density at radius 3 is 2.55 bits per heavy atom. The Labute approximate surface area is 120 Å². The van der Waals surface area contributed by atoms with Crippen LogP contribution in [0.25, 0.3) is 0 Å². The molecule has 0 aromatic heterocycles. The van der Waals surface area contributed by atoms with Crippen LogP contribution in [0, 0.1) is 0 Å². The molecule has 5 nitrogen and oxygen atoms in total. The predicted molar refractivity (Wildman–Crippen MR) is 78.8 cm³/mol. The van der Waals surface area contributed by atoms with Crippen molar-refractivity contribution < 1.29 is 14.3 Å². The van der Waals surface area contributed by atoms with Crippen molar-refractivity contribution in [2.24, 2.45) is 5.73 Å². The highest BCUT2D eigenvalue weighted by molar-refractivity contribution is 5.81. The van der Waals surface area contributed by atoms with Crippen molar-refractivity contribution in [1.29, 1.82) is 0 Å². The summed E-state index contributed by atoms with van der Waals surface area (Å²) in [7, 11) is 4.91. The number of amides is 1. The molecular weight excluding hydrogens is 256 g/mol. The molecular formula is C15H24N2O3. The third kappa shape index (κ3) is 3.95. The van der Waals surface area contributed by atoms with Gasteiger partial charge in [-0.25, -0.2) is 0 Å². The fourth-order valence-corrected chi connectivity index (χ4v) is 2.07. The number of carbonyl (C=O) groups is 1. The van der Waals surface area contributed by atoms with Gasteiger partial charge in [-0.2, -0.15) is 0 Å². The van der Waals surface area contributed by atoms with Crippen LogP contribution in [-0.4, -0.2) is 50.8 Å². The molecule has 2 unspecified atom stereocenters. The number of hydrogen-bond donors (Lipinski definition) is 1. The topological polar surface area (TPSA) is 64.8 Å². The highest BCUT2D eigenvalue weighted by Gasteiger charge is 2.24. The standard InChI is InChI=1S/C15H24N2O3/c1-11(17(2)15(18)14(10-16)20-4)9-12-7-5-6-8-13(12)19-3/h5-8,11,14H,9-10,16H2,1-4H3. The molecule has 5 heteroatoms. The van der Waals surface area contributed by atoms with Crippen molar-refractivity contribution in [3.8, 4) is 5.75 Å². The van der Waals surface area contributed by atoms with Crippen LogP contribution in [0.5, 0.6) is 5.75 Å². The molecule has 1 amide bonds. The number of carbonyl (C=O) groups excluding carboxylic acids is 1. The molecule has 20 heavy (non-hydrogen) atoms. The van der Waals surface area contributed by atoms with Crippen molar-refractivity contribution in [2.45, 2.75) is 25.5 Å². The molecule has 0 fully saturated rings. The van der Waals surface area contributed by atoms with Crippen molar-refractivity contribution in [1.82, 2.24) is 4.90 Å². The molecule has 0 aliphatic rings. The van der Waals surface area contributed by atoms with E-state index in [1.165, 1.54) is 7.11 Å². The molecule has 0 aliphatic heterocycles. The van der Waals surface area contributed by atoms with Gasteiger partial charge >= 0.3 is 0 Å². The molecule has 0 aliphatic carbocycles. The van der Waals surface area contributed by atoms with Crippen LogP contribution < -0.4 is 10.5 Å². The van der Waals surface area contributed by atoms with Gasteiger partial charge in [-0.1, -0.05) is 18.2 Å². The van der Waals surface area contributed by atoms with Crippen LogP contribution in [0.2, 0.25) is 0 Å². The first kappa shape index (κ1) is 16.5. The van der Waals surface area contributed by atoms with Crippen molar-refractivity contribution in [3.63, 3.8) is 0 Å². The van der Waals surface area contributed by atoms with Gasteiger partial charge in [-0.05, 0) is 25.0 Å². The number of benzene rings is 1. The summed E-state index contributed by atoms with van der Waals surface area (Å²) < 4.78 is 10.4. The number of likely N-dealkylation sites (N-methyl/N-ethyl adjacent to an activating group) is 1. The molecule has 1 aromatic rings. The summed E-state index contributed by atoms with van der Waals surface area (Å²) >= 11 is 0. The van der Waals surface area contributed by atoms with Gasteiger partial charge in [0.1, 0.15) is 11.9 Å². The Balaban J connectivity index is 2.75. The van der Waals surface area contributed by atoms with Crippen molar-refractivity contribution in [2.75, 3.05) is 27.8 Å². The zero-order valence-corrected chi connectivity index (χ0v) is 12.6. The first-order valence-electron chi connectivity index (χ1n) is 6.66. The van der Waals surface area contributed by atoms with E-state index in [2.05, 4.69) is 0 Å². The summed E-state index contributed by atoms with van der Waals surface area (Å²) in [6.45, 7) is 2.18. The number of ether oxygens (including phenoxy) is 2. The van der Waals surface area contributed by atoms with E-state index in [9.17, 15) is 4.79 Å². The fourth-order valence-electron chi connectivity index (χ4n) is 2.07. The van der Waals surface area contributed by atoms with Crippen molar-refractivity contribution >= 4 is 5.91 Å². The molecule has 0 spiro atoms. The van der Waals surface area contributed by atoms with Gasteiger partial charge in [0.05, 0.1) is 7.11 Å². The minimum absolute atomic E-state index is 0.0306. The lowest BCUT2D eigenvalue weighted by Crippen LogP contribution is -2.46. The summed E-state index contributed by atoms with van der Waals surface area (Å²) in [6.07, 6.45) is 0.132. The number of nitrogens with two attached hydrogens (primary N) is 1. The number of rotatable bonds is 7. The SMILES string of the molecule is COc1ccccc1CC(C)N(C)C(=O)C(CN)OC. The Hall–Kier alpha value is -1.59. The van der Waals surface area contributed by atoms with Gasteiger partial charge < -0.3 is 20.1 Å². The molecule has 1 rings (SSSR count). The average molecular weight is 280 g/mol. The van der Waals surface area contributed by atoms with Crippen LogP contribution in [0.15, 0.2) is 24.3 Å². The van der Waals surface area contributed by atoms with E-state index >= 15 is 0 Å². The second kappa shape index (κ2) is 7.87. The molecule has 0 saturated carbocycles. The van der Waals surface area contributed by atoms with Crippen LogP contribution in [0.3, 0.4) is 0 Å². The normalized spacial score (nSPS) is 13.7. The molecule has 0 radical (unpaired) electrons. The van der Waals surface area contributed by atoms with E-state index in [0.29, 0.717) is 6.42 Å². The van der Waals surface area contributed by atoms with Gasteiger partial charge in [0.2, 0.25) is 0 Å². The molecule has 0 heterocycles. The monoisotopic (exact) mass is 280 g/mol. The lowest BCUT2D eigenvalue weighted by atomic mass is 10.0. The van der Waals surface area contributed by atoms with Crippen LogP contribution in [0.1, 0.15) is 12.5 Å². The first-order valence-corrected chi connectivity index (χ1v) is 6.66. The Kier molecular flexibility index (Phi) is 6.48. The summed E-state index contributed by atoms with van der Waals surface area (Å²) in [6, 6.07) is 7.84. The first-order chi connectivity index (χ1) is 9.54. The van der Waals surface area contributed by atoms with Gasteiger partial charge in [-0.3, -0.25) is 4.79 Å². The molecule has 1 aromatic carbocycles. The maximum Gasteiger partial charge on any atom is 0.252 e. The average Bonchev–Trinajstić information content (AvgIpc) is 2.48. The van der Waals surface area contributed by atoms with E-state index in [0.717, 1.165) is 11.3 Å². The third-order valence-electron chi connectivity index (χ3n) is 3.49. The maximum absolute atomic E-state index is 12.2. The largest absolute Gasteiger partial charge is 0.496 e. The second-order valence-corrected chi connectivity index (χ2v) is 4.77. The molecule has 0 saturated heterocycles. The van der Waals surface area contributed by atoms with E-state index in [1.54, 1.807) is 19.1 Å².